The molecule has 0 N–H and O–H groups in total. The topological polar surface area (TPSA) is 57.7 Å². The Morgan fingerprint density at radius 1 is 1.25 bits per heavy atom. The van der Waals surface area contributed by atoms with Crippen LogP contribution in [0.15, 0.2) is 27.6 Å². The average molecular weight is 305 g/mol. The molecule has 0 fully saturated rings. The molecular weight excluding hydrogens is 296 g/mol. The van der Waals surface area contributed by atoms with Gasteiger partial charge in [0.1, 0.15) is 4.90 Å². The molecule has 0 bridgehead atoms. The van der Waals surface area contributed by atoms with E-state index in [0.29, 0.717) is 5.69 Å². The van der Waals surface area contributed by atoms with Crippen molar-refractivity contribution in [1.82, 2.24) is 4.31 Å². The smallest absolute Gasteiger partial charge is 0.295 e. The van der Waals surface area contributed by atoms with Crippen LogP contribution >= 0.6 is 15.9 Å². The molecule has 5 nitrogen and oxygen atoms in total. The number of anilines is 1. The number of amides is 2. The number of hydrogen-bond donors (Lipinski definition) is 0. The maximum Gasteiger partial charge on any atom is 0.337 e. The first kappa shape index (κ1) is 11.4. The fraction of sp³-hybridized carbons (Fsp3) is 0.222. The van der Waals surface area contributed by atoms with Gasteiger partial charge in [0.05, 0.1) is 5.69 Å². The first-order valence-corrected chi connectivity index (χ1v) is 6.65. The van der Waals surface area contributed by atoms with Gasteiger partial charge in [0.15, 0.2) is 0 Å². The summed E-state index contributed by atoms with van der Waals surface area (Å²) in [6.07, 6.45) is 0. The first-order chi connectivity index (χ1) is 7.35. The van der Waals surface area contributed by atoms with Crippen molar-refractivity contribution in [3.63, 3.8) is 0 Å². The number of urea groups is 1. The summed E-state index contributed by atoms with van der Waals surface area (Å²) in [5.41, 5.74) is 0.387. The number of nitrogens with zero attached hydrogens (tertiary/aromatic N) is 2. The molecule has 0 radical (unpaired) electrons. The van der Waals surface area contributed by atoms with E-state index in [2.05, 4.69) is 15.9 Å². The van der Waals surface area contributed by atoms with Crippen LogP contribution in [0, 0.1) is 0 Å². The Labute approximate surface area is 102 Å². The number of fused-ring (bicyclic) bond motifs is 1. The molecular formula is C9H9BrN2O3S. The van der Waals surface area contributed by atoms with E-state index in [0.717, 1.165) is 8.78 Å². The Hall–Kier alpha value is -1.08. The molecule has 1 heterocycles. The number of carbonyl (C=O) groups is 1. The second-order valence-electron chi connectivity index (χ2n) is 3.43. The molecule has 16 heavy (non-hydrogen) atoms. The van der Waals surface area contributed by atoms with Gasteiger partial charge in [-0.15, -0.1) is 0 Å². The Morgan fingerprint density at radius 2 is 1.88 bits per heavy atom. The summed E-state index contributed by atoms with van der Waals surface area (Å²) in [6.45, 7) is 0. The first-order valence-electron chi connectivity index (χ1n) is 4.42. The number of carbonyl (C=O) groups excluding carboxylic acids is 1. The summed E-state index contributed by atoms with van der Waals surface area (Å²) in [7, 11) is -0.909. The quantitative estimate of drug-likeness (QED) is 0.732. The highest BCUT2D eigenvalue weighted by atomic mass is 79.9. The van der Waals surface area contributed by atoms with Crippen LogP contribution in [0.4, 0.5) is 10.5 Å². The monoisotopic (exact) mass is 304 g/mol. The van der Waals surface area contributed by atoms with Crippen molar-refractivity contribution in [2.24, 2.45) is 0 Å². The van der Waals surface area contributed by atoms with Crippen molar-refractivity contribution < 1.29 is 13.2 Å². The predicted octanol–water partition coefficient (Wildman–Crippen LogP) is 1.64. The predicted molar refractivity (Wildman–Crippen MR) is 62.9 cm³/mol. The van der Waals surface area contributed by atoms with Gasteiger partial charge in [-0.05, 0) is 18.2 Å². The van der Waals surface area contributed by atoms with Gasteiger partial charge < -0.3 is 0 Å². The van der Waals surface area contributed by atoms with E-state index in [-0.39, 0.29) is 4.90 Å². The highest BCUT2D eigenvalue weighted by molar-refractivity contribution is 9.10. The van der Waals surface area contributed by atoms with E-state index in [4.69, 9.17) is 0 Å². The van der Waals surface area contributed by atoms with Gasteiger partial charge in [0, 0.05) is 18.6 Å². The number of benzene rings is 1. The minimum absolute atomic E-state index is 0.139. The molecule has 1 aliphatic rings. The molecule has 1 aromatic carbocycles. The van der Waals surface area contributed by atoms with E-state index >= 15 is 0 Å². The summed E-state index contributed by atoms with van der Waals surface area (Å²) in [5, 5.41) is 0. The lowest BCUT2D eigenvalue weighted by molar-refractivity contribution is 0.234. The Kier molecular flexibility index (Phi) is 2.47. The number of rotatable bonds is 0. The maximum atomic E-state index is 11.9. The second-order valence-corrected chi connectivity index (χ2v) is 6.28. The Bertz CT molecular complexity index is 570. The number of sulfonamides is 1. The van der Waals surface area contributed by atoms with Gasteiger partial charge in [-0.1, -0.05) is 15.9 Å². The van der Waals surface area contributed by atoms with Gasteiger partial charge in [-0.3, -0.25) is 4.90 Å². The van der Waals surface area contributed by atoms with Gasteiger partial charge in [-0.25, -0.2) is 17.5 Å². The lowest BCUT2D eigenvalue weighted by Gasteiger charge is -2.31. The fourth-order valence-corrected chi connectivity index (χ4v) is 3.21. The van der Waals surface area contributed by atoms with Crippen LogP contribution in [0.2, 0.25) is 0 Å². The zero-order valence-corrected chi connectivity index (χ0v) is 11.0. The number of hydrogen-bond acceptors (Lipinski definition) is 3. The van der Waals surface area contributed by atoms with Gasteiger partial charge in [0.25, 0.3) is 10.0 Å². The molecule has 0 atom stereocenters. The van der Waals surface area contributed by atoms with Gasteiger partial charge in [0.2, 0.25) is 0 Å². The molecule has 2 amide bonds. The summed E-state index contributed by atoms with van der Waals surface area (Å²) >= 11 is 3.24. The van der Waals surface area contributed by atoms with Crippen molar-refractivity contribution in [2.45, 2.75) is 4.90 Å². The maximum absolute atomic E-state index is 11.9. The van der Waals surface area contributed by atoms with Gasteiger partial charge in [-0.2, -0.15) is 0 Å². The molecule has 0 spiro atoms. The fourth-order valence-electron chi connectivity index (χ4n) is 1.54. The lowest BCUT2D eigenvalue weighted by atomic mass is 10.3. The van der Waals surface area contributed by atoms with E-state index in [1.807, 2.05) is 0 Å². The van der Waals surface area contributed by atoms with Crippen LogP contribution in [-0.2, 0) is 10.0 Å². The van der Waals surface area contributed by atoms with Gasteiger partial charge >= 0.3 is 6.03 Å². The zero-order valence-electron chi connectivity index (χ0n) is 8.64. The van der Waals surface area contributed by atoms with Crippen molar-refractivity contribution in [1.29, 1.82) is 0 Å². The van der Waals surface area contributed by atoms with Crippen molar-refractivity contribution >= 4 is 37.7 Å². The van der Waals surface area contributed by atoms with Crippen LogP contribution in [0.5, 0.6) is 0 Å². The number of halogens is 1. The highest BCUT2D eigenvalue weighted by Gasteiger charge is 2.37. The van der Waals surface area contributed by atoms with E-state index in [1.54, 1.807) is 19.2 Å². The van der Waals surface area contributed by atoms with Crippen LogP contribution in [0.25, 0.3) is 0 Å². The molecule has 0 saturated carbocycles. The summed E-state index contributed by atoms with van der Waals surface area (Å²) < 4.78 is 25.3. The standard InChI is InChI=1S/C9H9BrN2O3S/c1-11-7-5-6(10)3-4-8(7)16(14,15)12(2)9(11)13/h3-5H,1-2H3. The van der Waals surface area contributed by atoms with E-state index in [1.165, 1.54) is 18.0 Å². The molecule has 0 unspecified atom stereocenters. The lowest BCUT2D eigenvalue weighted by Crippen LogP contribution is -2.46. The molecule has 2 rings (SSSR count). The molecule has 86 valence electrons. The highest BCUT2D eigenvalue weighted by Crippen LogP contribution is 2.34. The minimum Gasteiger partial charge on any atom is -0.295 e. The SMILES string of the molecule is CN1C(=O)N(C)S(=O)(=O)c2ccc(Br)cc21. The molecule has 0 aliphatic carbocycles. The van der Waals surface area contributed by atoms with Crippen molar-refractivity contribution in [3.05, 3.63) is 22.7 Å². The molecule has 7 heteroatoms. The van der Waals surface area contributed by atoms with Crippen LogP contribution in [0.1, 0.15) is 0 Å². The minimum atomic E-state index is -3.70. The molecule has 0 aromatic heterocycles. The third kappa shape index (κ3) is 1.42. The van der Waals surface area contributed by atoms with Crippen LogP contribution < -0.4 is 4.90 Å². The largest absolute Gasteiger partial charge is 0.337 e. The molecule has 1 aromatic rings. The van der Waals surface area contributed by atoms with Crippen LogP contribution in [-0.4, -0.2) is 32.8 Å². The third-order valence-electron chi connectivity index (χ3n) is 2.48. The van der Waals surface area contributed by atoms with Crippen molar-refractivity contribution in [2.75, 3.05) is 19.0 Å². The summed E-state index contributed by atoms with van der Waals surface area (Å²) in [4.78, 5) is 13.1. The average Bonchev–Trinajstić information content (AvgIpc) is 2.24. The van der Waals surface area contributed by atoms with E-state index in [9.17, 15) is 13.2 Å². The molecule has 0 saturated heterocycles. The Balaban J connectivity index is 2.79. The second kappa shape index (κ2) is 3.46. The third-order valence-corrected chi connectivity index (χ3v) is 4.75. The summed E-state index contributed by atoms with van der Waals surface area (Å²) in [6, 6.07) is 4.16. The zero-order chi connectivity index (χ0) is 12.1. The molecule has 1 aliphatic heterocycles. The van der Waals surface area contributed by atoms with Crippen LogP contribution in [0.3, 0.4) is 0 Å². The Morgan fingerprint density at radius 3 is 2.50 bits per heavy atom. The van der Waals surface area contributed by atoms with E-state index < -0.39 is 16.1 Å². The summed E-state index contributed by atoms with van der Waals surface area (Å²) in [5.74, 6) is 0. The normalized spacial score (nSPS) is 18.6. The van der Waals surface area contributed by atoms with Crippen molar-refractivity contribution in [3.8, 4) is 0 Å².